The number of hydrogen-bond acceptors (Lipinski definition) is 5. The number of esters is 1. The Balaban J connectivity index is 1.52. The Bertz CT molecular complexity index is 1260. The highest BCUT2D eigenvalue weighted by Crippen LogP contribution is 2.27. The van der Waals surface area contributed by atoms with Gasteiger partial charge in [0.05, 0.1) is 6.26 Å². The zero-order valence-corrected chi connectivity index (χ0v) is 18.2. The van der Waals surface area contributed by atoms with Gasteiger partial charge in [0.25, 0.3) is 0 Å². The van der Waals surface area contributed by atoms with Crippen LogP contribution in [-0.4, -0.2) is 48.4 Å². The van der Waals surface area contributed by atoms with Gasteiger partial charge in [-0.1, -0.05) is 49.4 Å². The van der Waals surface area contributed by atoms with E-state index in [0.29, 0.717) is 5.56 Å². The lowest BCUT2D eigenvalue weighted by Gasteiger charge is -2.33. The molecule has 162 valence electrons. The normalized spacial score (nSPS) is 16.8. The Labute approximate surface area is 181 Å². The first-order valence-corrected chi connectivity index (χ1v) is 12.0. The number of ketones is 1. The van der Waals surface area contributed by atoms with Gasteiger partial charge >= 0.3 is 5.97 Å². The first-order chi connectivity index (χ1) is 14.8. The molecule has 2 aromatic carbocycles. The van der Waals surface area contributed by atoms with Gasteiger partial charge in [-0.2, -0.15) is 4.31 Å². The molecule has 0 saturated heterocycles. The van der Waals surface area contributed by atoms with E-state index in [4.69, 9.17) is 4.74 Å². The van der Waals surface area contributed by atoms with E-state index in [1.807, 2.05) is 49.4 Å². The lowest BCUT2D eigenvalue weighted by atomic mass is 9.96. The molecule has 3 aromatic rings. The summed E-state index contributed by atoms with van der Waals surface area (Å²) in [6.07, 6.45) is 3.73. The summed E-state index contributed by atoms with van der Waals surface area (Å²) in [4.78, 5) is 28.7. The fourth-order valence-corrected chi connectivity index (χ4v) is 5.10. The number of Topliss-reactive ketones (excluding diaryl/α,β-unsaturated/α-hetero) is 1. The molecule has 1 N–H and O–H groups in total. The van der Waals surface area contributed by atoms with Crippen molar-refractivity contribution < 1.29 is 22.7 Å². The summed E-state index contributed by atoms with van der Waals surface area (Å²) >= 11 is 0. The van der Waals surface area contributed by atoms with Crippen LogP contribution in [0.5, 0.6) is 0 Å². The molecule has 0 spiro atoms. The molecule has 31 heavy (non-hydrogen) atoms. The molecule has 0 amide bonds. The van der Waals surface area contributed by atoms with Crippen molar-refractivity contribution in [2.24, 2.45) is 0 Å². The highest BCUT2D eigenvalue weighted by Gasteiger charge is 2.38. The quantitative estimate of drug-likeness (QED) is 0.470. The largest absolute Gasteiger partial charge is 0.456 e. The van der Waals surface area contributed by atoms with Gasteiger partial charge in [-0.3, -0.25) is 9.59 Å². The number of aryl methyl sites for hydroxylation is 1. The van der Waals surface area contributed by atoms with Crippen LogP contribution in [0.3, 0.4) is 0 Å². The molecule has 0 radical (unpaired) electrons. The van der Waals surface area contributed by atoms with Gasteiger partial charge in [0.2, 0.25) is 15.8 Å². The summed E-state index contributed by atoms with van der Waals surface area (Å²) < 4.78 is 31.0. The number of carbonyl (C=O) groups is 2. The first-order valence-electron chi connectivity index (χ1n) is 10.1. The number of para-hydroxylation sites is 1. The second-order valence-electron chi connectivity index (χ2n) is 7.72. The molecule has 0 saturated carbocycles. The zero-order valence-electron chi connectivity index (χ0n) is 17.4. The number of nitrogens with one attached hydrogen (secondary N) is 1. The number of aromatic amines is 1. The third-order valence-corrected chi connectivity index (χ3v) is 6.97. The summed E-state index contributed by atoms with van der Waals surface area (Å²) in [5.74, 6) is -1.06. The highest BCUT2D eigenvalue weighted by molar-refractivity contribution is 7.88. The van der Waals surface area contributed by atoms with E-state index in [1.54, 1.807) is 6.20 Å². The number of ether oxygens (including phenoxy) is 1. The van der Waals surface area contributed by atoms with Crippen molar-refractivity contribution in [3.05, 3.63) is 70.9 Å². The monoisotopic (exact) mass is 440 g/mol. The van der Waals surface area contributed by atoms with Crippen molar-refractivity contribution >= 4 is 32.7 Å². The van der Waals surface area contributed by atoms with E-state index < -0.39 is 28.6 Å². The maximum Gasteiger partial charge on any atom is 0.325 e. The van der Waals surface area contributed by atoms with Crippen LogP contribution in [0.1, 0.15) is 34.0 Å². The standard InChI is InChI=1S/C23H24N2O5S/c1-3-15-9-6-10-18-19(12-24-22(15)18)21(26)14-30-23(27)20-11-16-7-4-5-8-17(16)13-25(20)31(2,28)29/h4-10,12,20,24H,3,11,13-14H2,1-2H3. The Morgan fingerprint density at radius 3 is 2.58 bits per heavy atom. The minimum Gasteiger partial charge on any atom is -0.456 e. The van der Waals surface area contributed by atoms with Crippen LogP contribution < -0.4 is 0 Å². The van der Waals surface area contributed by atoms with E-state index in [2.05, 4.69) is 4.98 Å². The van der Waals surface area contributed by atoms with Crippen LogP contribution in [0.15, 0.2) is 48.7 Å². The number of aromatic nitrogens is 1. The van der Waals surface area contributed by atoms with Gasteiger partial charge in [0, 0.05) is 35.6 Å². The average Bonchev–Trinajstić information content (AvgIpc) is 3.20. The van der Waals surface area contributed by atoms with Crippen LogP contribution in [0.2, 0.25) is 0 Å². The Hall–Kier alpha value is -2.97. The molecule has 1 aliphatic rings. The van der Waals surface area contributed by atoms with Crippen LogP contribution in [0, 0.1) is 0 Å². The lowest BCUT2D eigenvalue weighted by molar-refractivity contribution is -0.147. The number of H-pyrrole nitrogens is 1. The SMILES string of the molecule is CCc1cccc2c(C(=O)COC(=O)C3Cc4ccccc4CN3S(C)(=O)=O)c[nH]c12. The van der Waals surface area contributed by atoms with E-state index in [1.165, 1.54) is 0 Å². The van der Waals surface area contributed by atoms with Gasteiger partial charge in [-0.05, 0) is 23.1 Å². The first kappa shape index (κ1) is 21.3. The number of benzene rings is 2. The van der Waals surface area contributed by atoms with Crippen molar-refractivity contribution in [3.8, 4) is 0 Å². The van der Waals surface area contributed by atoms with Gasteiger partial charge in [-0.25, -0.2) is 8.42 Å². The summed E-state index contributed by atoms with van der Waals surface area (Å²) in [5, 5.41) is 0.782. The fraction of sp³-hybridized carbons (Fsp3) is 0.304. The van der Waals surface area contributed by atoms with E-state index in [-0.39, 0.29) is 18.7 Å². The highest BCUT2D eigenvalue weighted by atomic mass is 32.2. The molecule has 1 aromatic heterocycles. The predicted octanol–water partition coefficient (Wildman–Crippen LogP) is 2.84. The number of sulfonamides is 1. The molecule has 2 heterocycles. The lowest BCUT2D eigenvalue weighted by Crippen LogP contribution is -2.49. The molecule has 1 unspecified atom stereocenters. The van der Waals surface area contributed by atoms with E-state index in [0.717, 1.165) is 44.6 Å². The zero-order chi connectivity index (χ0) is 22.2. The van der Waals surface area contributed by atoms with Crippen molar-refractivity contribution in [3.63, 3.8) is 0 Å². The molecule has 0 fully saturated rings. The Morgan fingerprint density at radius 1 is 1.13 bits per heavy atom. The van der Waals surface area contributed by atoms with Crippen LogP contribution >= 0.6 is 0 Å². The molecule has 1 aliphatic heterocycles. The molecule has 7 nitrogen and oxygen atoms in total. The maximum atomic E-state index is 12.8. The van der Waals surface area contributed by atoms with Crippen LogP contribution in [-0.2, 0) is 38.9 Å². The summed E-state index contributed by atoms with van der Waals surface area (Å²) in [7, 11) is -3.64. The fourth-order valence-electron chi connectivity index (χ4n) is 4.10. The molecular formula is C23H24N2O5S. The summed E-state index contributed by atoms with van der Waals surface area (Å²) in [6, 6.07) is 12.1. The third kappa shape index (κ3) is 4.13. The Morgan fingerprint density at radius 2 is 1.87 bits per heavy atom. The van der Waals surface area contributed by atoms with Crippen LogP contribution in [0.4, 0.5) is 0 Å². The molecule has 1 atom stereocenters. The Kier molecular flexibility index (Phi) is 5.68. The summed E-state index contributed by atoms with van der Waals surface area (Å²) in [5.41, 5.74) is 4.20. The van der Waals surface area contributed by atoms with Crippen LogP contribution in [0.25, 0.3) is 10.9 Å². The second-order valence-corrected chi connectivity index (χ2v) is 9.66. The van der Waals surface area contributed by atoms with Crippen molar-refractivity contribution in [2.75, 3.05) is 12.9 Å². The number of hydrogen-bond donors (Lipinski definition) is 1. The van der Waals surface area contributed by atoms with Crippen molar-refractivity contribution in [2.45, 2.75) is 32.4 Å². The minimum atomic E-state index is -3.64. The maximum absolute atomic E-state index is 12.8. The number of fused-ring (bicyclic) bond motifs is 2. The predicted molar refractivity (Wildman–Crippen MR) is 117 cm³/mol. The van der Waals surface area contributed by atoms with Gasteiger partial charge in [-0.15, -0.1) is 0 Å². The molecular weight excluding hydrogens is 416 g/mol. The van der Waals surface area contributed by atoms with Crippen molar-refractivity contribution in [1.82, 2.24) is 9.29 Å². The molecule has 4 rings (SSSR count). The number of carbonyl (C=O) groups excluding carboxylic acids is 2. The van der Waals surface area contributed by atoms with E-state index >= 15 is 0 Å². The van der Waals surface area contributed by atoms with Gasteiger partial charge in [0.15, 0.2) is 6.61 Å². The average molecular weight is 441 g/mol. The summed E-state index contributed by atoms with van der Waals surface area (Å²) in [6.45, 7) is 1.69. The van der Waals surface area contributed by atoms with Gasteiger partial charge in [0.1, 0.15) is 6.04 Å². The minimum absolute atomic E-state index is 0.102. The van der Waals surface area contributed by atoms with E-state index in [9.17, 15) is 18.0 Å². The number of rotatable bonds is 6. The molecule has 0 aliphatic carbocycles. The third-order valence-electron chi connectivity index (χ3n) is 5.73. The van der Waals surface area contributed by atoms with Gasteiger partial charge < -0.3 is 9.72 Å². The second kappa shape index (κ2) is 8.28. The molecule has 8 heteroatoms. The molecule has 0 bridgehead atoms. The van der Waals surface area contributed by atoms with Crippen molar-refractivity contribution in [1.29, 1.82) is 0 Å². The smallest absolute Gasteiger partial charge is 0.325 e. The number of nitrogens with zero attached hydrogens (tertiary/aromatic N) is 1. The topological polar surface area (TPSA) is 96.5 Å².